The maximum absolute atomic E-state index is 8.83. The predicted octanol–water partition coefficient (Wildman–Crippen LogP) is 4.42. The van der Waals surface area contributed by atoms with E-state index >= 15 is 0 Å². The minimum atomic E-state index is 0.666. The topological polar surface area (TPSA) is 33.0 Å². The van der Waals surface area contributed by atoms with Gasteiger partial charge in [0.05, 0.1) is 18.2 Å². The Balaban J connectivity index is 1.81. The van der Waals surface area contributed by atoms with Gasteiger partial charge in [-0.1, -0.05) is 24.3 Å². The van der Waals surface area contributed by atoms with Crippen LogP contribution in [0.15, 0.2) is 36.4 Å². The fraction of sp³-hybridized carbons (Fsp3) is 0.500. The minimum Gasteiger partial charge on any atom is -0.378 e. The molecule has 0 atom stereocenters. The highest BCUT2D eigenvalue weighted by atomic mass is 16.5. The van der Waals surface area contributed by atoms with Crippen molar-refractivity contribution in [1.29, 1.82) is 5.26 Å². The molecule has 1 saturated carbocycles. The summed E-state index contributed by atoms with van der Waals surface area (Å²) in [6.45, 7) is 3.55. The molecule has 20 heavy (non-hydrogen) atoms. The average molecular weight is 269 g/mol. The van der Waals surface area contributed by atoms with Crippen LogP contribution in [0.5, 0.6) is 0 Å². The van der Waals surface area contributed by atoms with E-state index in [-0.39, 0.29) is 0 Å². The Morgan fingerprint density at radius 3 is 2.50 bits per heavy atom. The predicted molar refractivity (Wildman–Crippen MR) is 81.5 cm³/mol. The van der Waals surface area contributed by atoms with E-state index in [4.69, 9.17) is 10.00 Å². The highest BCUT2D eigenvalue weighted by molar-refractivity contribution is 5.33. The number of hydrogen-bond donors (Lipinski definition) is 0. The molecule has 1 aromatic rings. The summed E-state index contributed by atoms with van der Waals surface area (Å²) in [6, 6.07) is 10.3. The largest absolute Gasteiger partial charge is 0.378 e. The number of allylic oxidation sites excluding steroid dienone is 1. The summed E-state index contributed by atoms with van der Waals surface area (Å²) in [6.07, 6.45) is 9.49. The Morgan fingerprint density at radius 2 is 1.90 bits per heavy atom. The second-order valence-corrected chi connectivity index (χ2v) is 5.43. The first-order chi connectivity index (χ1) is 9.83. The second-order valence-electron chi connectivity index (χ2n) is 5.43. The molecule has 0 heterocycles. The lowest BCUT2D eigenvalue weighted by Crippen LogP contribution is -2.11. The molecule has 0 unspecified atom stereocenters. The Bertz CT molecular complexity index is 461. The van der Waals surface area contributed by atoms with Crippen molar-refractivity contribution < 1.29 is 4.74 Å². The first kappa shape index (κ1) is 14.8. The fourth-order valence-electron chi connectivity index (χ4n) is 2.91. The molecule has 0 radical (unpaired) electrons. The zero-order chi connectivity index (χ0) is 14.2. The summed E-state index contributed by atoms with van der Waals surface area (Å²) in [5.41, 5.74) is 2.14. The minimum absolute atomic E-state index is 0.666. The summed E-state index contributed by atoms with van der Waals surface area (Å²) < 4.78 is 5.32. The van der Waals surface area contributed by atoms with Crippen LogP contribution in [0.2, 0.25) is 0 Å². The lowest BCUT2D eigenvalue weighted by Gasteiger charge is -2.27. The van der Waals surface area contributed by atoms with Crippen LogP contribution in [-0.4, -0.2) is 13.2 Å². The number of benzene rings is 1. The maximum Gasteiger partial charge on any atom is 0.0991 e. The highest BCUT2D eigenvalue weighted by Crippen LogP contribution is 2.36. The summed E-state index contributed by atoms with van der Waals surface area (Å²) in [7, 11) is 0. The van der Waals surface area contributed by atoms with Crippen molar-refractivity contribution in [2.24, 2.45) is 5.92 Å². The van der Waals surface area contributed by atoms with E-state index in [0.717, 1.165) is 18.8 Å². The lowest BCUT2D eigenvalue weighted by atomic mass is 9.78. The molecule has 1 aromatic carbocycles. The smallest absolute Gasteiger partial charge is 0.0991 e. The van der Waals surface area contributed by atoms with Gasteiger partial charge in [-0.25, -0.2) is 0 Å². The molecule has 0 spiro atoms. The number of nitriles is 1. The molecule has 2 rings (SSSR count). The molecule has 0 saturated heterocycles. The van der Waals surface area contributed by atoms with E-state index in [1.807, 2.05) is 19.1 Å². The van der Waals surface area contributed by atoms with Gasteiger partial charge in [-0.2, -0.15) is 5.26 Å². The average Bonchev–Trinajstić information content (AvgIpc) is 2.52. The van der Waals surface area contributed by atoms with Crippen LogP contribution >= 0.6 is 0 Å². The summed E-state index contributed by atoms with van der Waals surface area (Å²) in [5.74, 6) is 1.38. The molecule has 0 N–H and O–H groups in total. The van der Waals surface area contributed by atoms with E-state index in [0.29, 0.717) is 11.8 Å². The standard InChI is InChI=1S/C18H23NO/c1-2-20-13-3-4-15-5-9-17(10-6-15)18-11-7-16(14-19)8-12-18/h3-4,7-8,11-12,15,17H,2,5-6,9-10,13H2,1H3. The first-order valence-electron chi connectivity index (χ1n) is 7.58. The van der Waals surface area contributed by atoms with E-state index in [2.05, 4.69) is 30.4 Å². The van der Waals surface area contributed by atoms with E-state index in [1.54, 1.807) is 0 Å². The van der Waals surface area contributed by atoms with Crippen LogP contribution in [0.1, 0.15) is 49.7 Å². The molecular weight excluding hydrogens is 246 g/mol. The van der Waals surface area contributed by atoms with Crippen LogP contribution < -0.4 is 0 Å². The van der Waals surface area contributed by atoms with E-state index in [1.165, 1.54) is 31.2 Å². The van der Waals surface area contributed by atoms with Crippen molar-refractivity contribution in [3.63, 3.8) is 0 Å². The van der Waals surface area contributed by atoms with Crippen molar-refractivity contribution >= 4 is 0 Å². The molecule has 106 valence electrons. The third-order valence-corrected chi connectivity index (χ3v) is 4.11. The van der Waals surface area contributed by atoms with Gasteiger partial charge in [0.25, 0.3) is 0 Å². The second kappa shape index (κ2) is 7.87. The molecule has 0 bridgehead atoms. The number of ether oxygens (including phenoxy) is 1. The van der Waals surface area contributed by atoms with Crippen LogP contribution in [-0.2, 0) is 4.74 Å². The van der Waals surface area contributed by atoms with Gasteiger partial charge in [-0.15, -0.1) is 0 Å². The molecule has 0 aromatic heterocycles. The van der Waals surface area contributed by atoms with Gasteiger partial charge < -0.3 is 4.74 Å². The van der Waals surface area contributed by atoms with Crippen molar-refractivity contribution in [2.45, 2.75) is 38.5 Å². The lowest BCUT2D eigenvalue weighted by molar-refractivity contribution is 0.177. The van der Waals surface area contributed by atoms with Gasteiger partial charge in [0.15, 0.2) is 0 Å². The SMILES string of the molecule is CCOCC=CC1CCC(c2ccc(C#N)cc2)CC1. The third-order valence-electron chi connectivity index (χ3n) is 4.11. The van der Waals surface area contributed by atoms with Crippen LogP contribution in [0.4, 0.5) is 0 Å². The van der Waals surface area contributed by atoms with Gasteiger partial charge in [0, 0.05) is 6.61 Å². The van der Waals surface area contributed by atoms with Crippen molar-refractivity contribution in [3.8, 4) is 6.07 Å². The highest BCUT2D eigenvalue weighted by Gasteiger charge is 2.20. The Labute approximate surface area is 122 Å². The summed E-state index contributed by atoms with van der Waals surface area (Å²) in [4.78, 5) is 0. The molecular formula is C18H23NO. The van der Waals surface area contributed by atoms with E-state index in [9.17, 15) is 0 Å². The van der Waals surface area contributed by atoms with Gasteiger partial charge in [0.1, 0.15) is 0 Å². The monoisotopic (exact) mass is 269 g/mol. The first-order valence-corrected chi connectivity index (χ1v) is 7.58. The van der Waals surface area contributed by atoms with Crippen LogP contribution in [0.3, 0.4) is 0 Å². The quantitative estimate of drug-likeness (QED) is 0.585. The van der Waals surface area contributed by atoms with Gasteiger partial charge in [0.2, 0.25) is 0 Å². The zero-order valence-corrected chi connectivity index (χ0v) is 12.2. The van der Waals surface area contributed by atoms with Crippen LogP contribution in [0, 0.1) is 17.2 Å². The Morgan fingerprint density at radius 1 is 1.20 bits per heavy atom. The molecule has 1 fully saturated rings. The van der Waals surface area contributed by atoms with Gasteiger partial charge in [-0.3, -0.25) is 0 Å². The molecule has 2 heteroatoms. The molecule has 0 amide bonds. The van der Waals surface area contributed by atoms with Crippen molar-refractivity contribution in [2.75, 3.05) is 13.2 Å². The number of nitrogens with zero attached hydrogens (tertiary/aromatic N) is 1. The molecule has 1 aliphatic carbocycles. The summed E-state index contributed by atoms with van der Waals surface area (Å²) >= 11 is 0. The van der Waals surface area contributed by atoms with Gasteiger partial charge in [-0.05, 0) is 62.1 Å². The molecule has 0 aliphatic heterocycles. The van der Waals surface area contributed by atoms with Crippen molar-refractivity contribution in [3.05, 3.63) is 47.5 Å². The van der Waals surface area contributed by atoms with E-state index < -0.39 is 0 Å². The fourth-order valence-corrected chi connectivity index (χ4v) is 2.91. The maximum atomic E-state index is 8.83. The van der Waals surface area contributed by atoms with Crippen LogP contribution in [0.25, 0.3) is 0 Å². The van der Waals surface area contributed by atoms with Gasteiger partial charge >= 0.3 is 0 Å². The Hall–Kier alpha value is -1.59. The third kappa shape index (κ3) is 4.21. The zero-order valence-electron chi connectivity index (χ0n) is 12.2. The Kier molecular flexibility index (Phi) is 5.83. The number of hydrogen-bond acceptors (Lipinski definition) is 2. The normalized spacial score (nSPS) is 22.8. The molecule has 1 aliphatic rings. The van der Waals surface area contributed by atoms with Crippen molar-refractivity contribution in [1.82, 2.24) is 0 Å². The number of rotatable bonds is 5. The summed E-state index contributed by atoms with van der Waals surface area (Å²) in [5, 5.41) is 8.83. The molecule has 2 nitrogen and oxygen atoms in total.